The summed E-state index contributed by atoms with van der Waals surface area (Å²) in [4.78, 5) is 12.1. The van der Waals surface area contributed by atoms with Crippen molar-refractivity contribution in [2.75, 3.05) is 0 Å². The van der Waals surface area contributed by atoms with Gasteiger partial charge in [-0.1, -0.05) is 89.8 Å². The van der Waals surface area contributed by atoms with Crippen molar-refractivity contribution in [3.05, 3.63) is 104 Å². The van der Waals surface area contributed by atoms with Crippen LogP contribution < -0.4 is 0 Å². The van der Waals surface area contributed by atoms with Gasteiger partial charge in [0.1, 0.15) is 16.9 Å². The summed E-state index contributed by atoms with van der Waals surface area (Å²) in [6.45, 7) is 4.17. The first-order chi connectivity index (χ1) is 17.3. The van der Waals surface area contributed by atoms with Gasteiger partial charge >= 0.3 is 5.97 Å². The SMILES string of the molecule is CC(C)c1onc(-c2c(Cl)cccc2Cl)c1COC(Sc1ccc(C(=O)O)cc1)c1ccccc1Cl. The second-order valence-corrected chi connectivity index (χ2v) is 10.6. The number of thioether (sulfide) groups is 1. The topological polar surface area (TPSA) is 72.6 Å². The molecule has 0 saturated carbocycles. The minimum absolute atomic E-state index is 0.0427. The number of carbonyl (C=O) groups is 1. The summed E-state index contributed by atoms with van der Waals surface area (Å²) in [5.41, 5.74) is 2.36. The molecule has 0 aliphatic carbocycles. The Hall–Kier alpha value is -2.48. The molecule has 3 aromatic carbocycles. The number of carboxylic acid groups (broad SMARTS) is 1. The summed E-state index contributed by atoms with van der Waals surface area (Å²) in [7, 11) is 0. The number of halogens is 3. The van der Waals surface area contributed by atoms with E-state index in [0.29, 0.717) is 32.1 Å². The molecule has 5 nitrogen and oxygen atoms in total. The zero-order chi connectivity index (χ0) is 25.8. The lowest BCUT2D eigenvalue weighted by molar-refractivity contribution is 0.0697. The number of hydrogen-bond acceptors (Lipinski definition) is 5. The van der Waals surface area contributed by atoms with Crippen molar-refractivity contribution in [1.29, 1.82) is 0 Å². The fraction of sp³-hybridized carbons (Fsp3) is 0.185. The van der Waals surface area contributed by atoms with Crippen LogP contribution in [0.1, 0.15) is 52.4 Å². The lowest BCUT2D eigenvalue weighted by Crippen LogP contribution is -2.05. The van der Waals surface area contributed by atoms with E-state index in [1.165, 1.54) is 11.8 Å². The number of aromatic nitrogens is 1. The maximum atomic E-state index is 11.2. The Bertz CT molecular complexity index is 1350. The zero-order valence-corrected chi connectivity index (χ0v) is 22.5. The molecule has 0 aliphatic heterocycles. The van der Waals surface area contributed by atoms with Crippen LogP contribution in [-0.2, 0) is 11.3 Å². The third kappa shape index (κ3) is 5.90. The largest absolute Gasteiger partial charge is 0.478 e. The quantitative estimate of drug-likeness (QED) is 0.162. The van der Waals surface area contributed by atoms with E-state index in [0.717, 1.165) is 16.0 Å². The molecule has 1 aromatic heterocycles. The van der Waals surface area contributed by atoms with Crippen molar-refractivity contribution in [2.45, 2.75) is 36.7 Å². The van der Waals surface area contributed by atoms with E-state index in [-0.39, 0.29) is 18.1 Å². The molecular formula is C27H22Cl3NO4S. The number of rotatable bonds is 9. The summed E-state index contributed by atoms with van der Waals surface area (Å²) >= 11 is 20.9. The van der Waals surface area contributed by atoms with E-state index in [1.807, 2.05) is 32.0 Å². The molecule has 0 radical (unpaired) electrons. The molecule has 1 atom stereocenters. The minimum atomic E-state index is -0.982. The first kappa shape index (κ1) is 26.6. The first-order valence-electron chi connectivity index (χ1n) is 11.0. The average molecular weight is 563 g/mol. The second-order valence-electron chi connectivity index (χ2n) is 8.24. The minimum Gasteiger partial charge on any atom is -0.478 e. The second kappa shape index (κ2) is 11.7. The molecule has 0 fully saturated rings. The summed E-state index contributed by atoms with van der Waals surface area (Å²) < 4.78 is 12.1. The van der Waals surface area contributed by atoms with Gasteiger partial charge in [-0.05, 0) is 42.5 Å². The number of nitrogens with zero attached hydrogens (tertiary/aromatic N) is 1. The first-order valence-corrected chi connectivity index (χ1v) is 13.1. The maximum Gasteiger partial charge on any atom is 0.335 e. The standard InChI is InChI=1S/C27H22Cl3NO4S/c1-15(2)25-19(24(31-35-25)23-21(29)8-5-9-22(23)30)14-34-27(18-6-3-4-7-20(18)28)36-17-12-10-16(11-13-17)26(32)33/h3-13,15,27H,14H2,1-2H3,(H,32,33). The van der Waals surface area contributed by atoms with E-state index in [2.05, 4.69) is 5.16 Å². The van der Waals surface area contributed by atoms with Gasteiger partial charge in [0, 0.05) is 32.5 Å². The molecular weight excluding hydrogens is 541 g/mol. The Morgan fingerprint density at radius 3 is 2.22 bits per heavy atom. The highest BCUT2D eigenvalue weighted by molar-refractivity contribution is 7.99. The van der Waals surface area contributed by atoms with Gasteiger partial charge in [0.15, 0.2) is 0 Å². The van der Waals surface area contributed by atoms with Crippen LogP contribution in [0, 0.1) is 0 Å². The van der Waals surface area contributed by atoms with E-state index in [1.54, 1.807) is 48.5 Å². The summed E-state index contributed by atoms with van der Waals surface area (Å²) in [6, 6.07) is 19.3. The van der Waals surface area contributed by atoms with E-state index < -0.39 is 11.4 Å². The lowest BCUT2D eigenvalue weighted by Gasteiger charge is -2.20. The molecule has 0 spiro atoms. The van der Waals surface area contributed by atoms with Crippen LogP contribution in [-0.4, -0.2) is 16.2 Å². The third-order valence-corrected chi connectivity index (χ3v) is 7.55. The molecule has 186 valence electrons. The summed E-state index contributed by atoms with van der Waals surface area (Å²) in [5, 5.41) is 15.0. The van der Waals surface area contributed by atoms with Crippen molar-refractivity contribution in [1.82, 2.24) is 5.16 Å². The Balaban J connectivity index is 1.69. The van der Waals surface area contributed by atoms with Crippen LogP contribution in [0.3, 0.4) is 0 Å². The van der Waals surface area contributed by atoms with Gasteiger partial charge in [-0.2, -0.15) is 0 Å². The number of benzene rings is 3. The van der Waals surface area contributed by atoms with E-state index in [9.17, 15) is 9.90 Å². The van der Waals surface area contributed by atoms with E-state index in [4.69, 9.17) is 44.1 Å². The molecule has 9 heteroatoms. The lowest BCUT2D eigenvalue weighted by atomic mass is 10.0. The van der Waals surface area contributed by atoms with Crippen LogP contribution in [0.25, 0.3) is 11.3 Å². The Labute approximate surface area is 228 Å². The summed E-state index contributed by atoms with van der Waals surface area (Å²) in [5.74, 6) is -0.263. The summed E-state index contributed by atoms with van der Waals surface area (Å²) in [6.07, 6.45) is 0. The number of aromatic carboxylic acids is 1. The number of carboxylic acids is 1. The molecule has 4 rings (SSSR count). The van der Waals surface area contributed by atoms with Crippen molar-refractivity contribution in [3.8, 4) is 11.3 Å². The van der Waals surface area contributed by atoms with Gasteiger partial charge in [0.2, 0.25) is 0 Å². The normalized spacial score (nSPS) is 12.2. The molecule has 0 amide bonds. The smallest absolute Gasteiger partial charge is 0.335 e. The van der Waals surface area contributed by atoms with Crippen LogP contribution in [0.15, 0.2) is 76.1 Å². The number of hydrogen-bond donors (Lipinski definition) is 1. The van der Waals surface area contributed by atoms with Gasteiger partial charge in [-0.25, -0.2) is 4.79 Å². The van der Waals surface area contributed by atoms with E-state index >= 15 is 0 Å². The molecule has 1 heterocycles. The Kier molecular flexibility index (Phi) is 8.65. The molecule has 0 aliphatic rings. The Morgan fingerprint density at radius 2 is 1.61 bits per heavy atom. The van der Waals surface area contributed by atoms with Crippen LogP contribution in [0.5, 0.6) is 0 Å². The molecule has 0 saturated heterocycles. The van der Waals surface area contributed by atoms with Crippen molar-refractivity contribution >= 4 is 52.5 Å². The van der Waals surface area contributed by atoms with Crippen LogP contribution >= 0.6 is 46.6 Å². The molecule has 36 heavy (non-hydrogen) atoms. The average Bonchev–Trinajstić information content (AvgIpc) is 3.26. The van der Waals surface area contributed by atoms with Crippen LogP contribution in [0.2, 0.25) is 15.1 Å². The van der Waals surface area contributed by atoms with Gasteiger partial charge in [-0.3, -0.25) is 0 Å². The molecule has 1 N–H and O–H groups in total. The van der Waals surface area contributed by atoms with Crippen molar-refractivity contribution < 1.29 is 19.2 Å². The van der Waals surface area contributed by atoms with Crippen molar-refractivity contribution in [3.63, 3.8) is 0 Å². The Morgan fingerprint density at radius 1 is 0.972 bits per heavy atom. The molecule has 0 bridgehead atoms. The predicted octanol–water partition coefficient (Wildman–Crippen LogP) is 9.13. The third-order valence-electron chi connectivity index (χ3n) is 5.43. The van der Waals surface area contributed by atoms with Gasteiger partial charge < -0.3 is 14.4 Å². The van der Waals surface area contributed by atoms with Gasteiger partial charge in [0.05, 0.1) is 22.2 Å². The highest BCUT2D eigenvalue weighted by atomic mass is 35.5. The van der Waals surface area contributed by atoms with Gasteiger partial charge in [-0.15, -0.1) is 0 Å². The zero-order valence-electron chi connectivity index (χ0n) is 19.4. The highest BCUT2D eigenvalue weighted by Crippen LogP contribution is 2.43. The predicted molar refractivity (Wildman–Crippen MR) is 144 cm³/mol. The van der Waals surface area contributed by atoms with Crippen molar-refractivity contribution in [2.24, 2.45) is 0 Å². The number of ether oxygens (including phenoxy) is 1. The molecule has 4 aromatic rings. The highest BCUT2D eigenvalue weighted by Gasteiger charge is 2.26. The molecule has 1 unspecified atom stereocenters. The monoisotopic (exact) mass is 561 g/mol. The fourth-order valence-corrected chi connectivity index (χ4v) is 5.53. The maximum absolute atomic E-state index is 11.2. The fourth-order valence-electron chi connectivity index (χ4n) is 3.65. The van der Waals surface area contributed by atoms with Crippen LogP contribution in [0.4, 0.5) is 0 Å². The van der Waals surface area contributed by atoms with Gasteiger partial charge in [0.25, 0.3) is 0 Å².